The fourth-order valence-electron chi connectivity index (χ4n) is 4.82. The zero-order chi connectivity index (χ0) is 32.0. The van der Waals surface area contributed by atoms with Crippen LogP contribution in [0.2, 0.25) is 0 Å². The highest BCUT2D eigenvalue weighted by atomic mass is 16.5. The number of hydrogen-bond donors (Lipinski definition) is 2. The lowest BCUT2D eigenvalue weighted by Crippen LogP contribution is -2.29. The summed E-state index contributed by atoms with van der Waals surface area (Å²) in [5, 5.41) is 6.12. The summed E-state index contributed by atoms with van der Waals surface area (Å²) in [7, 11) is 9.14. The van der Waals surface area contributed by atoms with Crippen LogP contribution >= 0.6 is 0 Å². The van der Waals surface area contributed by atoms with E-state index in [-0.39, 0.29) is 29.6 Å². The third kappa shape index (κ3) is 7.24. The Labute approximate surface area is 258 Å². The van der Waals surface area contributed by atoms with Gasteiger partial charge in [-0.3, -0.25) is 4.79 Å². The van der Waals surface area contributed by atoms with Crippen molar-refractivity contribution in [2.24, 2.45) is 0 Å². The summed E-state index contributed by atoms with van der Waals surface area (Å²) in [4.78, 5) is 38.9. The molecule has 0 saturated heterocycles. The topological polar surface area (TPSA) is 118 Å². The average Bonchev–Trinajstić information content (AvgIpc) is 3.38. The molecule has 1 unspecified atom stereocenters. The van der Waals surface area contributed by atoms with Gasteiger partial charge in [-0.15, -0.1) is 0 Å². The number of nitrogens with zero attached hydrogens (tertiary/aromatic N) is 4. The molecule has 1 amide bonds. The number of carbonyl (C=O) groups excluding carboxylic acids is 2. The van der Waals surface area contributed by atoms with Crippen LogP contribution in [0.4, 0.5) is 23.0 Å². The maximum absolute atomic E-state index is 13.2. The summed E-state index contributed by atoms with van der Waals surface area (Å²) in [5.74, 6) is -0.160. The molecular weight excluding hydrogens is 560 g/mol. The predicted octanol–water partition coefficient (Wildman–Crippen LogP) is 5.05. The summed E-state index contributed by atoms with van der Waals surface area (Å²) in [5.41, 5.74) is 5.06. The average molecular weight is 601 g/mol. The minimum absolute atomic E-state index is 0.216. The summed E-state index contributed by atoms with van der Waals surface area (Å²) in [6, 6.07) is 11.4. The van der Waals surface area contributed by atoms with Crippen molar-refractivity contribution in [2.75, 3.05) is 64.0 Å². The summed E-state index contributed by atoms with van der Waals surface area (Å²) in [6.07, 6.45) is 3.98. The molecule has 44 heavy (non-hydrogen) atoms. The lowest BCUT2D eigenvalue weighted by Gasteiger charge is -2.26. The summed E-state index contributed by atoms with van der Waals surface area (Å²) in [6.45, 7) is 8.67. The monoisotopic (exact) mass is 600 g/mol. The number of esters is 1. The van der Waals surface area contributed by atoms with Gasteiger partial charge >= 0.3 is 5.97 Å². The first-order valence-corrected chi connectivity index (χ1v) is 14.3. The van der Waals surface area contributed by atoms with Crippen molar-refractivity contribution in [3.8, 4) is 5.75 Å². The number of ether oxygens (including phenoxy) is 3. The molecule has 0 radical (unpaired) electrons. The molecule has 2 N–H and O–H groups in total. The predicted molar refractivity (Wildman–Crippen MR) is 173 cm³/mol. The molecule has 0 fully saturated rings. The Balaban J connectivity index is 1.80. The van der Waals surface area contributed by atoms with E-state index in [9.17, 15) is 9.59 Å². The zero-order valence-corrected chi connectivity index (χ0v) is 26.3. The van der Waals surface area contributed by atoms with Gasteiger partial charge in [-0.1, -0.05) is 30.8 Å². The van der Waals surface area contributed by atoms with Crippen LogP contribution in [0.25, 0.3) is 5.57 Å². The first-order chi connectivity index (χ1) is 21.1. The van der Waals surface area contributed by atoms with Gasteiger partial charge in [-0.25, -0.2) is 14.8 Å². The normalized spacial score (nSPS) is 13.8. The molecule has 1 heterocycles. The van der Waals surface area contributed by atoms with E-state index in [1.165, 1.54) is 12.3 Å². The van der Waals surface area contributed by atoms with Crippen LogP contribution in [0.15, 0.2) is 61.3 Å². The van der Waals surface area contributed by atoms with Crippen molar-refractivity contribution in [2.45, 2.75) is 26.1 Å². The number of aromatic nitrogens is 2. The van der Waals surface area contributed by atoms with Gasteiger partial charge in [0.2, 0.25) is 11.9 Å². The van der Waals surface area contributed by atoms with Crippen LogP contribution in [0.3, 0.4) is 0 Å². The van der Waals surface area contributed by atoms with Gasteiger partial charge in [0.15, 0.2) is 0 Å². The van der Waals surface area contributed by atoms with E-state index in [0.717, 1.165) is 28.9 Å². The van der Waals surface area contributed by atoms with E-state index < -0.39 is 5.97 Å². The number of nitrogens with one attached hydrogen (secondary N) is 2. The standard InChI is InChI=1S/C33H40N6O5/c1-9-30(40)35-25-17-26(29(43-8)18-27(25)39(6)15-14-38(4)5)36-33-34-19-24(32(41)44-20(2)3)31(37-33)23-16-28(42-7)22-13-11-10-12-21(22)23/h9-13,16-20,28H,1,14-15H2,2-8H3,(H,35,40)(H,34,36,37). The van der Waals surface area contributed by atoms with E-state index >= 15 is 0 Å². The molecular formula is C33H40N6O5. The molecule has 0 aliphatic heterocycles. The molecule has 11 nitrogen and oxygen atoms in total. The van der Waals surface area contributed by atoms with Crippen molar-refractivity contribution in [1.82, 2.24) is 14.9 Å². The molecule has 0 bridgehead atoms. The fraction of sp³-hybridized carbons (Fsp3) is 0.333. The number of anilines is 4. The maximum atomic E-state index is 13.2. The fourth-order valence-corrected chi connectivity index (χ4v) is 4.82. The van der Waals surface area contributed by atoms with E-state index in [0.29, 0.717) is 29.4 Å². The van der Waals surface area contributed by atoms with E-state index in [2.05, 4.69) is 27.1 Å². The summed E-state index contributed by atoms with van der Waals surface area (Å²) < 4.78 is 17.0. The van der Waals surface area contributed by atoms with Crippen LogP contribution in [0.1, 0.15) is 47.1 Å². The molecule has 11 heteroatoms. The van der Waals surface area contributed by atoms with Crippen molar-refractivity contribution in [3.63, 3.8) is 0 Å². The number of benzene rings is 2. The van der Waals surface area contributed by atoms with Gasteiger partial charge in [0, 0.05) is 45.1 Å². The molecule has 1 aliphatic rings. The van der Waals surface area contributed by atoms with Crippen LogP contribution in [-0.2, 0) is 14.3 Å². The zero-order valence-electron chi connectivity index (χ0n) is 26.3. The van der Waals surface area contributed by atoms with Gasteiger partial charge < -0.3 is 34.6 Å². The molecule has 0 saturated carbocycles. The second kappa shape index (κ2) is 14.2. The van der Waals surface area contributed by atoms with Gasteiger partial charge in [0.05, 0.1) is 36.0 Å². The second-order valence-corrected chi connectivity index (χ2v) is 10.8. The minimum Gasteiger partial charge on any atom is -0.494 e. The Hall–Kier alpha value is -4.74. The van der Waals surface area contributed by atoms with Gasteiger partial charge in [-0.2, -0.15) is 0 Å². The van der Waals surface area contributed by atoms with E-state index in [1.54, 1.807) is 34.1 Å². The molecule has 1 aliphatic carbocycles. The lowest BCUT2D eigenvalue weighted by atomic mass is 10.0. The first kappa shape index (κ1) is 32.2. The Morgan fingerprint density at radius 1 is 1.09 bits per heavy atom. The SMILES string of the molecule is C=CC(=O)Nc1cc(Nc2ncc(C(=O)OC(C)C)c(C3=CC(OC)c4ccccc43)n2)c(OC)cc1N(C)CCN(C)C. The number of hydrogen-bond acceptors (Lipinski definition) is 10. The van der Waals surface area contributed by atoms with Crippen molar-refractivity contribution < 1.29 is 23.8 Å². The highest BCUT2D eigenvalue weighted by molar-refractivity contribution is 6.02. The first-order valence-electron chi connectivity index (χ1n) is 14.3. The van der Waals surface area contributed by atoms with Crippen molar-refractivity contribution in [3.05, 3.63) is 83.7 Å². The highest BCUT2D eigenvalue weighted by Gasteiger charge is 2.29. The molecule has 1 atom stereocenters. The van der Waals surface area contributed by atoms with Crippen LogP contribution in [-0.4, -0.2) is 81.3 Å². The van der Waals surface area contributed by atoms with Crippen LogP contribution in [0.5, 0.6) is 5.75 Å². The largest absolute Gasteiger partial charge is 0.494 e. The molecule has 1 aromatic heterocycles. The molecule has 232 valence electrons. The van der Waals surface area contributed by atoms with Gasteiger partial charge in [-0.05, 0) is 57.3 Å². The van der Waals surface area contributed by atoms with Crippen LogP contribution < -0.4 is 20.3 Å². The minimum atomic E-state index is -0.530. The maximum Gasteiger partial charge on any atom is 0.342 e. The third-order valence-electron chi connectivity index (χ3n) is 7.04. The van der Waals surface area contributed by atoms with Gasteiger partial charge in [0.1, 0.15) is 17.4 Å². The molecule has 0 spiro atoms. The van der Waals surface area contributed by atoms with Gasteiger partial charge in [0.25, 0.3) is 0 Å². The lowest BCUT2D eigenvalue weighted by molar-refractivity contribution is -0.111. The Kier molecular flexibility index (Phi) is 10.4. The third-order valence-corrected chi connectivity index (χ3v) is 7.04. The number of fused-ring (bicyclic) bond motifs is 1. The molecule has 2 aromatic carbocycles. The number of amides is 1. The molecule has 3 aromatic rings. The summed E-state index contributed by atoms with van der Waals surface area (Å²) >= 11 is 0. The van der Waals surface area contributed by atoms with Crippen molar-refractivity contribution >= 4 is 40.5 Å². The van der Waals surface area contributed by atoms with Crippen molar-refractivity contribution in [1.29, 1.82) is 0 Å². The molecule has 4 rings (SSSR count). The van der Waals surface area contributed by atoms with E-state index in [1.807, 2.05) is 62.5 Å². The Morgan fingerprint density at radius 2 is 1.84 bits per heavy atom. The number of likely N-dealkylation sites (N-methyl/N-ethyl adjacent to an activating group) is 2. The number of carbonyl (C=O) groups is 2. The second-order valence-electron chi connectivity index (χ2n) is 10.8. The van der Waals surface area contributed by atoms with Crippen LogP contribution in [0, 0.1) is 0 Å². The highest BCUT2D eigenvalue weighted by Crippen LogP contribution is 2.41. The number of methoxy groups -OCH3 is 2. The smallest absolute Gasteiger partial charge is 0.342 e. The Morgan fingerprint density at radius 3 is 2.50 bits per heavy atom. The Bertz CT molecular complexity index is 1570. The number of rotatable bonds is 13. The quantitative estimate of drug-likeness (QED) is 0.204. The van der Waals surface area contributed by atoms with E-state index in [4.69, 9.17) is 19.2 Å².